The Morgan fingerprint density at radius 1 is 0.806 bits per heavy atom. The molecule has 154 valence electrons. The molecular formula is C26H21NO3S. The lowest BCUT2D eigenvalue weighted by Crippen LogP contribution is -2.11. The van der Waals surface area contributed by atoms with Gasteiger partial charge in [0.05, 0.1) is 12.9 Å². The van der Waals surface area contributed by atoms with Crippen molar-refractivity contribution in [3.05, 3.63) is 102 Å². The van der Waals surface area contributed by atoms with Crippen LogP contribution in [0.2, 0.25) is 0 Å². The van der Waals surface area contributed by atoms with Crippen LogP contribution >= 0.6 is 11.8 Å². The van der Waals surface area contributed by atoms with Gasteiger partial charge < -0.3 is 10.1 Å². The van der Waals surface area contributed by atoms with Gasteiger partial charge in [0, 0.05) is 21.7 Å². The molecule has 0 unspecified atom stereocenters. The molecule has 0 saturated heterocycles. The number of benzene rings is 4. The Bertz CT molecular complexity index is 1250. The van der Waals surface area contributed by atoms with E-state index in [1.807, 2.05) is 72.8 Å². The largest absolute Gasteiger partial charge is 0.497 e. The third kappa shape index (κ3) is 5.13. The number of methoxy groups -OCH3 is 1. The van der Waals surface area contributed by atoms with E-state index in [2.05, 4.69) is 5.32 Å². The van der Waals surface area contributed by atoms with Crippen molar-refractivity contribution in [2.45, 2.75) is 4.90 Å². The Balaban J connectivity index is 1.41. The van der Waals surface area contributed by atoms with Gasteiger partial charge in [0.2, 0.25) is 0 Å². The highest BCUT2D eigenvalue weighted by Gasteiger charge is 2.10. The van der Waals surface area contributed by atoms with Crippen LogP contribution in [0, 0.1) is 0 Å². The highest BCUT2D eigenvalue weighted by atomic mass is 32.2. The normalized spacial score (nSPS) is 10.6. The molecule has 0 spiro atoms. The minimum Gasteiger partial charge on any atom is -0.497 e. The molecule has 0 heterocycles. The van der Waals surface area contributed by atoms with Gasteiger partial charge in [-0.05, 0) is 53.2 Å². The van der Waals surface area contributed by atoms with Gasteiger partial charge in [-0.15, -0.1) is 11.8 Å². The first-order valence-electron chi connectivity index (χ1n) is 9.83. The van der Waals surface area contributed by atoms with E-state index in [1.165, 1.54) is 11.8 Å². The Labute approximate surface area is 185 Å². The van der Waals surface area contributed by atoms with Crippen molar-refractivity contribution >= 4 is 39.9 Å². The van der Waals surface area contributed by atoms with Gasteiger partial charge in [0.15, 0.2) is 5.78 Å². The first-order valence-corrected chi connectivity index (χ1v) is 10.8. The van der Waals surface area contributed by atoms with Crippen molar-refractivity contribution in [3.8, 4) is 5.75 Å². The van der Waals surface area contributed by atoms with Crippen molar-refractivity contribution in [1.29, 1.82) is 0 Å². The van der Waals surface area contributed by atoms with Crippen LogP contribution in [-0.2, 0) is 0 Å². The fraction of sp³-hybridized carbons (Fsp3) is 0.0769. The summed E-state index contributed by atoms with van der Waals surface area (Å²) in [6, 6.07) is 28.2. The van der Waals surface area contributed by atoms with Crippen LogP contribution in [0.5, 0.6) is 5.75 Å². The van der Waals surface area contributed by atoms with E-state index in [4.69, 9.17) is 4.74 Å². The molecule has 31 heavy (non-hydrogen) atoms. The second-order valence-corrected chi connectivity index (χ2v) is 8.04. The number of Topliss-reactive ketones (excluding diaryl/α,β-unsaturated/α-hetero) is 1. The van der Waals surface area contributed by atoms with Crippen LogP contribution in [0.3, 0.4) is 0 Å². The summed E-state index contributed by atoms with van der Waals surface area (Å²) in [6.45, 7) is 0. The first kappa shape index (κ1) is 20.7. The standard InChI is InChI=1S/C26H21NO3S/c1-30-23-10-4-8-20(15-23)25(28)17-31-24-11-5-9-22(16-24)27-26(29)21-13-12-18-6-2-3-7-19(18)14-21/h2-16H,17H2,1H3,(H,27,29). The lowest BCUT2D eigenvalue weighted by atomic mass is 10.1. The minimum atomic E-state index is -0.166. The van der Waals surface area contributed by atoms with Gasteiger partial charge in [0.1, 0.15) is 5.75 Å². The van der Waals surface area contributed by atoms with E-state index in [1.54, 1.807) is 25.3 Å². The molecule has 0 fully saturated rings. The zero-order valence-electron chi connectivity index (χ0n) is 17.0. The van der Waals surface area contributed by atoms with E-state index >= 15 is 0 Å². The Morgan fingerprint density at radius 3 is 2.45 bits per heavy atom. The van der Waals surface area contributed by atoms with Crippen LogP contribution < -0.4 is 10.1 Å². The van der Waals surface area contributed by atoms with Crippen molar-refractivity contribution in [3.63, 3.8) is 0 Å². The number of nitrogens with one attached hydrogen (secondary N) is 1. The fourth-order valence-corrected chi connectivity index (χ4v) is 4.08. The van der Waals surface area contributed by atoms with Gasteiger partial charge in [-0.3, -0.25) is 9.59 Å². The van der Waals surface area contributed by atoms with E-state index < -0.39 is 0 Å². The van der Waals surface area contributed by atoms with E-state index in [9.17, 15) is 9.59 Å². The zero-order chi connectivity index (χ0) is 21.6. The smallest absolute Gasteiger partial charge is 0.255 e. The lowest BCUT2D eigenvalue weighted by molar-refractivity contribution is 0.101. The average molecular weight is 428 g/mol. The van der Waals surface area contributed by atoms with Gasteiger partial charge in [-0.2, -0.15) is 0 Å². The van der Waals surface area contributed by atoms with Crippen molar-refractivity contribution in [2.75, 3.05) is 18.2 Å². The van der Waals surface area contributed by atoms with E-state index in [-0.39, 0.29) is 11.7 Å². The van der Waals surface area contributed by atoms with Gasteiger partial charge in [0.25, 0.3) is 5.91 Å². The quantitative estimate of drug-likeness (QED) is 0.287. The maximum atomic E-state index is 12.7. The number of hydrogen-bond donors (Lipinski definition) is 1. The number of thioether (sulfide) groups is 1. The highest BCUT2D eigenvalue weighted by molar-refractivity contribution is 8.00. The number of ketones is 1. The van der Waals surface area contributed by atoms with Gasteiger partial charge in [-0.25, -0.2) is 0 Å². The molecule has 0 saturated carbocycles. The summed E-state index contributed by atoms with van der Waals surface area (Å²) in [7, 11) is 1.58. The SMILES string of the molecule is COc1cccc(C(=O)CSc2cccc(NC(=O)c3ccc4ccccc4c3)c2)c1. The van der Waals surface area contributed by atoms with Gasteiger partial charge in [-0.1, -0.05) is 48.5 Å². The van der Waals surface area contributed by atoms with Crippen molar-refractivity contribution < 1.29 is 14.3 Å². The molecule has 5 heteroatoms. The third-order valence-corrected chi connectivity index (χ3v) is 5.86. The van der Waals surface area contributed by atoms with Gasteiger partial charge >= 0.3 is 0 Å². The Morgan fingerprint density at radius 2 is 1.61 bits per heavy atom. The van der Waals surface area contributed by atoms with Crippen LogP contribution in [0.4, 0.5) is 5.69 Å². The molecule has 1 N–H and O–H groups in total. The summed E-state index contributed by atoms with van der Waals surface area (Å²) in [6.07, 6.45) is 0. The zero-order valence-corrected chi connectivity index (χ0v) is 17.8. The van der Waals surface area contributed by atoms with Crippen LogP contribution in [0.1, 0.15) is 20.7 Å². The number of hydrogen-bond acceptors (Lipinski definition) is 4. The molecule has 0 atom stereocenters. The summed E-state index contributed by atoms with van der Waals surface area (Å²) < 4.78 is 5.18. The Hall–Kier alpha value is -3.57. The second-order valence-electron chi connectivity index (χ2n) is 6.99. The molecule has 0 aromatic heterocycles. The predicted molar refractivity (Wildman–Crippen MR) is 126 cm³/mol. The van der Waals surface area contributed by atoms with Crippen LogP contribution in [-0.4, -0.2) is 24.6 Å². The molecular weight excluding hydrogens is 406 g/mol. The van der Waals surface area contributed by atoms with Crippen molar-refractivity contribution in [1.82, 2.24) is 0 Å². The highest BCUT2D eigenvalue weighted by Crippen LogP contribution is 2.24. The number of carbonyl (C=O) groups is 2. The molecule has 4 aromatic rings. The average Bonchev–Trinajstić information content (AvgIpc) is 2.82. The van der Waals surface area contributed by atoms with E-state index in [0.29, 0.717) is 28.3 Å². The summed E-state index contributed by atoms with van der Waals surface area (Å²) in [5, 5.41) is 5.06. The van der Waals surface area contributed by atoms with Crippen molar-refractivity contribution in [2.24, 2.45) is 0 Å². The number of anilines is 1. The molecule has 0 aliphatic rings. The molecule has 1 amide bonds. The molecule has 0 bridgehead atoms. The van der Waals surface area contributed by atoms with E-state index in [0.717, 1.165) is 15.7 Å². The maximum absolute atomic E-state index is 12.7. The monoisotopic (exact) mass is 427 g/mol. The topological polar surface area (TPSA) is 55.4 Å². The number of rotatable bonds is 7. The number of ether oxygens (including phenoxy) is 1. The Kier molecular flexibility index (Phi) is 6.34. The summed E-state index contributed by atoms with van der Waals surface area (Å²) in [5.41, 5.74) is 1.91. The number of carbonyl (C=O) groups excluding carboxylic acids is 2. The number of fused-ring (bicyclic) bond motifs is 1. The summed E-state index contributed by atoms with van der Waals surface area (Å²) in [5.74, 6) is 0.819. The fourth-order valence-electron chi connectivity index (χ4n) is 3.23. The number of amides is 1. The second kappa shape index (κ2) is 9.49. The molecule has 0 radical (unpaired) electrons. The summed E-state index contributed by atoms with van der Waals surface area (Å²) in [4.78, 5) is 26.1. The summed E-state index contributed by atoms with van der Waals surface area (Å²) >= 11 is 1.43. The predicted octanol–water partition coefficient (Wildman–Crippen LogP) is 6.08. The molecule has 4 nitrogen and oxygen atoms in total. The molecule has 4 rings (SSSR count). The van der Waals surface area contributed by atoms with Crippen LogP contribution in [0.25, 0.3) is 10.8 Å². The molecule has 0 aliphatic heterocycles. The molecule has 4 aromatic carbocycles. The van der Waals surface area contributed by atoms with Crippen LogP contribution in [0.15, 0.2) is 95.9 Å². The third-order valence-electron chi connectivity index (χ3n) is 4.87. The lowest BCUT2D eigenvalue weighted by Gasteiger charge is -2.08. The first-order chi connectivity index (χ1) is 15.1. The maximum Gasteiger partial charge on any atom is 0.255 e. The minimum absolute atomic E-state index is 0.0227. The molecule has 0 aliphatic carbocycles.